The highest BCUT2D eigenvalue weighted by molar-refractivity contribution is 5.83. The predicted molar refractivity (Wildman–Crippen MR) is 66.5 cm³/mol. The summed E-state index contributed by atoms with van der Waals surface area (Å²) in [6.45, 7) is 5.86. The lowest BCUT2D eigenvalue weighted by molar-refractivity contribution is -0.146. The average molecular weight is 240 g/mol. The van der Waals surface area contributed by atoms with Gasteiger partial charge in [-0.15, -0.1) is 0 Å². The molecule has 2 saturated heterocycles. The molecule has 1 amide bonds. The lowest BCUT2D eigenvalue weighted by atomic mass is 9.79. The first kappa shape index (κ1) is 12.8. The number of amides is 1. The predicted octanol–water partition coefficient (Wildman–Crippen LogP) is 1.00. The quantitative estimate of drug-likeness (QED) is 0.800. The Kier molecular flexibility index (Phi) is 4.05. The Bertz CT molecular complexity index is 275. The molecule has 0 aromatic rings. The van der Waals surface area contributed by atoms with E-state index in [-0.39, 0.29) is 11.3 Å². The standard InChI is InChI=1S/C13H24N2O2/c1-2-11-3-6-15(9-11)12(16)13(10-14)4-7-17-8-5-13/h11H,2-10,14H2,1H3. The molecule has 1 atom stereocenters. The number of likely N-dealkylation sites (tertiary alicyclic amines) is 1. The number of nitrogens with two attached hydrogens (primary N) is 1. The van der Waals surface area contributed by atoms with Gasteiger partial charge in [-0.2, -0.15) is 0 Å². The maximum atomic E-state index is 12.6. The Morgan fingerprint density at radius 2 is 2.18 bits per heavy atom. The zero-order valence-corrected chi connectivity index (χ0v) is 10.8. The summed E-state index contributed by atoms with van der Waals surface area (Å²) in [5, 5.41) is 0. The molecule has 17 heavy (non-hydrogen) atoms. The summed E-state index contributed by atoms with van der Waals surface area (Å²) in [4.78, 5) is 14.6. The number of nitrogens with zero attached hydrogens (tertiary/aromatic N) is 1. The van der Waals surface area contributed by atoms with Crippen molar-refractivity contribution < 1.29 is 9.53 Å². The Labute approximate surface area is 103 Å². The zero-order valence-electron chi connectivity index (χ0n) is 10.8. The van der Waals surface area contributed by atoms with E-state index in [0.29, 0.717) is 25.7 Å². The Morgan fingerprint density at radius 3 is 2.71 bits per heavy atom. The molecule has 2 rings (SSSR count). The summed E-state index contributed by atoms with van der Waals surface area (Å²) < 4.78 is 5.36. The summed E-state index contributed by atoms with van der Waals surface area (Å²) in [7, 11) is 0. The van der Waals surface area contributed by atoms with Crippen molar-refractivity contribution in [3.63, 3.8) is 0 Å². The largest absolute Gasteiger partial charge is 0.381 e. The SMILES string of the molecule is CCC1CCN(C(=O)C2(CN)CCOCC2)C1. The second-order valence-corrected chi connectivity index (χ2v) is 5.41. The summed E-state index contributed by atoms with van der Waals surface area (Å²) in [5.41, 5.74) is 5.54. The highest BCUT2D eigenvalue weighted by Crippen LogP contribution is 2.33. The molecule has 0 spiro atoms. The van der Waals surface area contributed by atoms with Crippen LogP contribution in [0.5, 0.6) is 0 Å². The van der Waals surface area contributed by atoms with Crippen LogP contribution in [0.15, 0.2) is 0 Å². The van der Waals surface area contributed by atoms with Crippen LogP contribution in [0.25, 0.3) is 0 Å². The van der Waals surface area contributed by atoms with Gasteiger partial charge in [-0.3, -0.25) is 4.79 Å². The molecule has 2 aliphatic heterocycles. The van der Waals surface area contributed by atoms with Crippen molar-refractivity contribution in [1.82, 2.24) is 4.90 Å². The number of carbonyl (C=O) groups is 1. The topological polar surface area (TPSA) is 55.6 Å². The lowest BCUT2D eigenvalue weighted by Crippen LogP contribution is -2.50. The lowest BCUT2D eigenvalue weighted by Gasteiger charge is -2.37. The number of carbonyl (C=O) groups excluding carboxylic acids is 1. The number of ether oxygens (including phenoxy) is 1. The van der Waals surface area contributed by atoms with Gasteiger partial charge in [0.25, 0.3) is 0 Å². The summed E-state index contributed by atoms with van der Waals surface area (Å²) in [6, 6.07) is 0. The van der Waals surface area contributed by atoms with Crippen molar-refractivity contribution in [1.29, 1.82) is 0 Å². The van der Waals surface area contributed by atoms with Gasteiger partial charge in [-0.05, 0) is 25.2 Å². The first-order chi connectivity index (χ1) is 8.22. The molecular weight excluding hydrogens is 216 g/mol. The van der Waals surface area contributed by atoms with Crippen LogP contribution in [-0.4, -0.2) is 43.7 Å². The van der Waals surface area contributed by atoms with Crippen molar-refractivity contribution in [2.75, 3.05) is 32.8 Å². The molecule has 0 aromatic carbocycles. The fourth-order valence-electron chi connectivity index (χ4n) is 2.95. The Balaban J connectivity index is 2.02. The molecule has 2 fully saturated rings. The molecule has 2 aliphatic rings. The number of hydrogen-bond acceptors (Lipinski definition) is 3. The van der Waals surface area contributed by atoms with Gasteiger partial charge in [0.1, 0.15) is 0 Å². The maximum absolute atomic E-state index is 12.6. The number of hydrogen-bond donors (Lipinski definition) is 1. The van der Waals surface area contributed by atoms with Crippen molar-refractivity contribution in [2.24, 2.45) is 17.1 Å². The fourth-order valence-corrected chi connectivity index (χ4v) is 2.95. The van der Waals surface area contributed by atoms with Gasteiger partial charge in [-0.25, -0.2) is 0 Å². The molecule has 1 unspecified atom stereocenters. The van der Waals surface area contributed by atoms with E-state index in [4.69, 9.17) is 10.5 Å². The minimum Gasteiger partial charge on any atom is -0.381 e. The van der Waals surface area contributed by atoms with Gasteiger partial charge < -0.3 is 15.4 Å². The maximum Gasteiger partial charge on any atom is 0.230 e. The molecule has 0 aliphatic carbocycles. The molecule has 2 N–H and O–H groups in total. The first-order valence-electron chi connectivity index (χ1n) is 6.79. The van der Waals surface area contributed by atoms with Crippen LogP contribution < -0.4 is 5.73 Å². The molecule has 0 bridgehead atoms. The number of rotatable bonds is 3. The van der Waals surface area contributed by atoms with E-state index in [2.05, 4.69) is 6.92 Å². The fraction of sp³-hybridized carbons (Fsp3) is 0.923. The molecule has 0 saturated carbocycles. The van der Waals surface area contributed by atoms with E-state index >= 15 is 0 Å². The second kappa shape index (κ2) is 5.36. The smallest absolute Gasteiger partial charge is 0.230 e. The van der Waals surface area contributed by atoms with E-state index in [1.807, 2.05) is 4.90 Å². The highest BCUT2D eigenvalue weighted by atomic mass is 16.5. The van der Waals surface area contributed by atoms with Crippen LogP contribution in [0, 0.1) is 11.3 Å². The van der Waals surface area contributed by atoms with E-state index in [0.717, 1.165) is 32.4 Å². The molecule has 0 radical (unpaired) electrons. The third-order valence-corrected chi connectivity index (χ3v) is 4.44. The van der Waals surface area contributed by atoms with Crippen molar-refractivity contribution in [3.8, 4) is 0 Å². The third-order valence-electron chi connectivity index (χ3n) is 4.44. The molecule has 0 aromatic heterocycles. The zero-order chi connectivity index (χ0) is 12.3. The van der Waals surface area contributed by atoms with Crippen LogP contribution >= 0.6 is 0 Å². The van der Waals surface area contributed by atoms with E-state index in [9.17, 15) is 4.79 Å². The molecule has 98 valence electrons. The van der Waals surface area contributed by atoms with Gasteiger partial charge in [0.05, 0.1) is 5.41 Å². The Morgan fingerprint density at radius 1 is 1.47 bits per heavy atom. The van der Waals surface area contributed by atoms with Gasteiger partial charge in [0.2, 0.25) is 5.91 Å². The monoisotopic (exact) mass is 240 g/mol. The minimum absolute atomic E-state index is 0.277. The van der Waals surface area contributed by atoms with Crippen LogP contribution in [0.2, 0.25) is 0 Å². The molecule has 2 heterocycles. The van der Waals surface area contributed by atoms with Crippen LogP contribution in [0.1, 0.15) is 32.6 Å². The summed E-state index contributed by atoms with van der Waals surface area (Å²) in [6.07, 6.45) is 3.90. The van der Waals surface area contributed by atoms with Crippen LogP contribution in [0.4, 0.5) is 0 Å². The van der Waals surface area contributed by atoms with Crippen molar-refractivity contribution >= 4 is 5.91 Å². The summed E-state index contributed by atoms with van der Waals surface area (Å²) in [5.74, 6) is 0.966. The van der Waals surface area contributed by atoms with Crippen LogP contribution in [0.3, 0.4) is 0 Å². The van der Waals surface area contributed by atoms with Gasteiger partial charge >= 0.3 is 0 Å². The van der Waals surface area contributed by atoms with E-state index in [1.54, 1.807) is 0 Å². The third kappa shape index (κ3) is 2.47. The first-order valence-corrected chi connectivity index (χ1v) is 6.79. The van der Waals surface area contributed by atoms with Crippen molar-refractivity contribution in [2.45, 2.75) is 32.6 Å². The van der Waals surface area contributed by atoms with Gasteiger partial charge in [0.15, 0.2) is 0 Å². The van der Waals surface area contributed by atoms with Gasteiger partial charge in [-0.1, -0.05) is 13.3 Å². The average Bonchev–Trinajstić information content (AvgIpc) is 2.87. The highest BCUT2D eigenvalue weighted by Gasteiger charge is 2.42. The Hall–Kier alpha value is -0.610. The van der Waals surface area contributed by atoms with E-state index < -0.39 is 0 Å². The van der Waals surface area contributed by atoms with E-state index in [1.165, 1.54) is 6.42 Å². The second-order valence-electron chi connectivity index (χ2n) is 5.41. The normalized spacial score (nSPS) is 28.4. The molecule has 4 heteroatoms. The van der Waals surface area contributed by atoms with Crippen molar-refractivity contribution in [3.05, 3.63) is 0 Å². The minimum atomic E-state index is -0.332. The summed E-state index contributed by atoms with van der Waals surface area (Å²) >= 11 is 0. The van der Waals surface area contributed by atoms with Crippen LogP contribution in [-0.2, 0) is 9.53 Å². The molecular formula is C13H24N2O2. The molecule has 4 nitrogen and oxygen atoms in total. The van der Waals surface area contributed by atoms with Gasteiger partial charge in [0, 0.05) is 32.8 Å².